The van der Waals surface area contributed by atoms with Crippen molar-refractivity contribution in [1.29, 1.82) is 0 Å². The highest BCUT2D eigenvalue weighted by atomic mass is 16.3. The molecule has 2 rings (SSSR count). The molecule has 0 bridgehead atoms. The van der Waals surface area contributed by atoms with E-state index in [2.05, 4.69) is 12.1 Å². The fourth-order valence-electron chi connectivity index (χ4n) is 1.74. The van der Waals surface area contributed by atoms with E-state index < -0.39 is 6.10 Å². The monoisotopic (exact) mass is 198 g/mol. The molecule has 15 heavy (non-hydrogen) atoms. The molecule has 0 aromatic heterocycles. The minimum Gasteiger partial charge on any atom is -0.389 e. The van der Waals surface area contributed by atoms with Gasteiger partial charge in [0.2, 0.25) is 0 Å². The zero-order valence-electron chi connectivity index (χ0n) is 8.72. The Hall–Kier alpha value is -1.60. The van der Waals surface area contributed by atoms with Crippen LogP contribution in [-0.2, 0) is 0 Å². The molecule has 0 spiro atoms. The Morgan fingerprint density at radius 3 is 2.13 bits per heavy atom. The molecule has 1 nitrogen and oxygen atoms in total. The average Bonchev–Trinajstić information content (AvgIpc) is 2.30. The lowest BCUT2D eigenvalue weighted by molar-refractivity contribution is 0.200. The first kappa shape index (κ1) is 9.94. The van der Waals surface area contributed by atoms with E-state index in [1.165, 1.54) is 0 Å². The van der Waals surface area contributed by atoms with E-state index in [9.17, 15) is 5.11 Å². The highest BCUT2D eigenvalue weighted by molar-refractivity contribution is 5.67. The van der Waals surface area contributed by atoms with Crippen molar-refractivity contribution in [2.24, 2.45) is 0 Å². The van der Waals surface area contributed by atoms with Crippen molar-refractivity contribution in [2.45, 2.75) is 13.0 Å². The lowest BCUT2D eigenvalue weighted by Crippen LogP contribution is -1.94. The number of aliphatic hydroxyl groups excluding tert-OH is 1. The van der Waals surface area contributed by atoms with Crippen molar-refractivity contribution >= 4 is 0 Å². The van der Waals surface area contributed by atoms with Crippen LogP contribution in [0.3, 0.4) is 0 Å². The highest BCUT2D eigenvalue weighted by Gasteiger charge is 2.07. The van der Waals surface area contributed by atoms with Gasteiger partial charge in [0, 0.05) is 0 Å². The summed E-state index contributed by atoms with van der Waals surface area (Å²) in [6.07, 6.45) is -0.429. The van der Waals surface area contributed by atoms with Gasteiger partial charge in [-0.3, -0.25) is 0 Å². The molecule has 1 heteroatoms. The molecular formula is C14H14O. The minimum absolute atomic E-state index is 0.429. The third kappa shape index (κ3) is 2.08. The van der Waals surface area contributed by atoms with E-state index in [1.807, 2.05) is 42.5 Å². The summed E-state index contributed by atoms with van der Waals surface area (Å²) in [5.74, 6) is 0. The van der Waals surface area contributed by atoms with Crippen LogP contribution in [0.15, 0.2) is 54.6 Å². The van der Waals surface area contributed by atoms with Crippen LogP contribution in [0, 0.1) is 0 Å². The van der Waals surface area contributed by atoms with Gasteiger partial charge in [-0.25, -0.2) is 0 Å². The standard InChI is InChI=1S/C14H14O/c1-11(15)13-9-5-6-10-14(13)12-7-3-2-4-8-12/h2-11,15H,1H3/t11-/m1/s1. The van der Waals surface area contributed by atoms with Gasteiger partial charge in [-0.1, -0.05) is 54.6 Å². The zero-order valence-corrected chi connectivity index (χ0v) is 8.72. The van der Waals surface area contributed by atoms with Crippen LogP contribution in [-0.4, -0.2) is 5.11 Å². The maximum absolute atomic E-state index is 9.67. The van der Waals surface area contributed by atoms with Crippen LogP contribution >= 0.6 is 0 Å². The fourth-order valence-corrected chi connectivity index (χ4v) is 1.74. The summed E-state index contributed by atoms with van der Waals surface area (Å²) in [5.41, 5.74) is 3.23. The minimum atomic E-state index is -0.429. The van der Waals surface area contributed by atoms with Crippen molar-refractivity contribution in [2.75, 3.05) is 0 Å². The van der Waals surface area contributed by atoms with Crippen molar-refractivity contribution in [3.63, 3.8) is 0 Å². The first-order valence-electron chi connectivity index (χ1n) is 5.11. The molecule has 2 aromatic carbocycles. The Balaban J connectivity index is 2.53. The molecule has 0 saturated carbocycles. The van der Waals surface area contributed by atoms with Crippen LogP contribution in [0.1, 0.15) is 18.6 Å². The molecule has 0 radical (unpaired) electrons. The van der Waals surface area contributed by atoms with E-state index in [0.717, 1.165) is 16.7 Å². The maximum atomic E-state index is 9.67. The topological polar surface area (TPSA) is 20.2 Å². The van der Waals surface area contributed by atoms with Gasteiger partial charge in [-0.05, 0) is 23.6 Å². The molecule has 76 valence electrons. The predicted molar refractivity (Wildman–Crippen MR) is 62.5 cm³/mol. The summed E-state index contributed by atoms with van der Waals surface area (Å²) >= 11 is 0. The molecule has 0 unspecified atom stereocenters. The Bertz CT molecular complexity index is 432. The van der Waals surface area contributed by atoms with E-state index >= 15 is 0 Å². The molecule has 0 aliphatic heterocycles. The summed E-state index contributed by atoms with van der Waals surface area (Å²) < 4.78 is 0. The smallest absolute Gasteiger partial charge is 0.0767 e. The number of benzene rings is 2. The van der Waals surface area contributed by atoms with Gasteiger partial charge in [0.05, 0.1) is 6.10 Å². The van der Waals surface area contributed by atoms with E-state index in [4.69, 9.17) is 0 Å². The average molecular weight is 198 g/mol. The van der Waals surface area contributed by atoms with Gasteiger partial charge < -0.3 is 5.11 Å². The number of aliphatic hydroxyl groups is 1. The Kier molecular flexibility index (Phi) is 2.84. The van der Waals surface area contributed by atoms with Gasteiger partial charge in [0.15, 0.2) is 0 Å². The van der Waals surface area contributed by atoms with Crippen LogP contribution in [0.5, 0.6) is 0 Å². The largest absolute Gasteiger partial charge is 0.389 e. The Morgan fingerprint density at radius 2 is 1.47 bits per heavy atom. The first-order chi connectivity index (χ1) is 7.29. The molecule has 0 amide bonds. The second-order valence-electron chi connectivity index (χ2n) is 3.63. The van der Waals surface area contributed by atoms with Gasteiger partial charge in [-0.2, -0.15) is 0 Å². The lowest BCUT2D eigenvalue weighted by atomic mass is 9.97. The van der Waals surface area contributed by atoms with Crippen LogP contribution in [0.4, 0.5) is 0 Å². The molecule has 0 aliphatic carbocycles. The van der Waals surface area contributed by atoms with Gasteiger partial charge >= 0.3 is 0 Å². The molecule has 0 saturated heterocycles. The molecule has 2 aromatic rings. The Morgan fingerprint density at radius 1 is 0.867 bits per heavy atom. The van der Waals surface area contributed by atoms with Gasteiger partial charge in [-0.15, -0.1) is 0 Å². The maximum Gasteiger partial charge on any atom is 0.0767 e. The van der Waals surface area contributed by atoms with Crippen molar-refractivity contribution in [1.82, 2.24) is 0 Å². The van der Waals surface area contributed by atoms with Crippen LogP contribution < -0.4 is 0 Å². The zero-order chi connectivity index (χ0) is 10.7. The lowest BCUT2D eigenvalue weighted by Gasteiger charge is -2.11. The van der Waals surface area contributed by atoms with Gasteiger partial charge in [0.1, 0.15) is 0 Å². The third-order valence-electron chi connectivity index (χ3n) is 2.50. The van der Waals surface area contributed by atoms with Crippen molar-refractivity contribution < 1.29 is 5.11 Å². The van der Waals surface area contributed by atoms with Crippen LogP contribution in [0.25, 0.3) is 11.1 Å². The molecule has 0 fully saturated rings. The van der Waals surface area contributed by atoms with Gasteiger partial charge in [0.25, 0.3) is 0 Å². The summed E-state index contributed by atoms with van der Waals surface area (Å²) in [5, 5.41) is 9.67. The van der Waals surface area contributed by atoms with E-state index in [1.54, 1.807) is 6.92 Å². The summed E-state index contributed by atoms with van der Waals surface area (Å²) in [7, 11) is 0. The Labute approximate surface area is 90.0 Å². The molecular weight excluding hydrogens is 184 g/mol. The van der Waals surface area contributed by atoms with E-state index in [-0.39, 0.29) is 0 Å². The second-order valence-corrected chi connectivity index (χ2v) is 3.63. The first-order valence-corrected chi connectivity index (χ1v) is 5.11. The molecule has 0 heterocycles. The fraction of sp³-hybridized carbons (Fsp3) is 0.143. The number of hydrogen-bond donors (Lipinski definition) is 1. The molecule has 0 aliphatic rings. The summed E-state index contributed by atoms with van der Waals surface area (Å²) in [4.78, 5) is 0. The van der Waals surface area contributed by atoms with Crippen molar-refractivity contribution in [3.8, 4) is 11.1 Å². The van der Waals surface area contributed by atoms with Crippen molar-refractivity contribution in [3.05, 3.63) is 60.2 Å². The molecule has 1 atom stereocenters. The second kappa shape index (κ2) is 4.28. The summed E-state index contributed by atoms with van der Waals surface area (Å²) in [6.45, 7) is 1.79. The molecule has 1 N–H and O–H groups in total. The quantitative estimate of drug-likeness (QED) is 0.784. The normalized spacial score (nSPS) is 12.4. The highest BCUT2D eigenvalue weighted by Crippen LogP contribution is 2.27. The third-order valence-corrected chi connectivity index (χ3v) is 2.50. The SMILES string of the molecule is C[C@@H](O)c1ccccc1-c1ccccc1. The number of rotatable bonds is 2. The summed E-state index contributed by atoms with van der Waals surface area (Å²) in [6, 6.07) is 18.1. The van der Waals surface area contributed by atoms with Crippen LogP contribution in [0.2, 0.25) is 0 Å². The predicted octanol–water partition coefficient (Wildman–Crippen LogP) is 3.41. The number of hydrogen-bond acceptors (Lipinski definition) is 1. The van der Waals surface area contributed by atoms with E-state index in [0.29, 0.717) is 0 Å².